The van der Waals surface area contributed by atoms with E-state index in [-0.39, 0.29) is 11.9 Å². The summed E-state index contributed by atoms with van der Waals surface area (Å²) in [4.78, 5) is 14.7. The number of Topliss-reactive ketones (excluding diaryl/α,β-unsaturated/α-hetero) is 1. The highest BCUT2D eigenvalue weighted by Crippen LogP contribution is 2.20. The SMILES string of the molecule is CCN1CCOC(C(=O)c2ccc(OC)cc2C)C1. The lowest BCUT2D eigenvalue weighted by atomic mass is 10.00. The van der Waals surface area contributed by atoms with Crippen LogP contribution in [0.4, 0.5) is 0 Å². The van der Waals surface area contributed by atoms with Gasteiger partial charge in [0.2, 0.25) is 0 Å². The van der Waals surface area contributed by atoms with Crippen LogP contribution in [0, 0.1) is 6.92 Å². The normalized spacial score (nSPS) is 20.3. The Labute approximate surface area is 114 Å². The van der Waals surface area contributed by atoms with Gasteiger partial charge in [0.25, 0.3) is 0 Å². The number of ketones is 1. The highest BCUT2D eigenvalue weighted by Gasteiger charge is 2.27. The molecule has 1 atom stereocenters. The summed E-state index contributed by atoms with van der Waals surface area (Å²) < 4.78 is 10.8. The van der Waals surface area contributed by atoms with Gasteiger partial charge in [-0.3, -0.25) is 9.69 Å². The van der Waals surface area contributed by atoms with E-state index in [0.29, 0.717) is 13.2 Å². The summed E-state index contributed by atoms with van der Waals surface area (Å²) in [6.45, 7) is 7.19. The van der Waals surface area contributed by atoms with Gasteiger partial charge in [0, 0.05) is 18.7 Å². The van der Waals surface area contributed by atoms with Gasteiger partial charge in [0.05, 0.1) is 13.7 Å². The Bertz CT molecular complexity index is 459. The van der Waals surface area contributed by atoms with Crippen LogP contribution in [0.5, 0.6) is 5.75 Å². The zero-order valence-corrected chi connectivity index (χ0v) is 11.8. The quantitative estimate of drug-likeness (QED) is 0.778. The van der Waals surface area contributed by atoms with E-state index in [1.54, 1.807) is 7.11 Å². The van der Waals surface area contributed by atoms with Gasteiger partial charge in [-0.25, -0.2) is 0 Å². The third-order valence-electron chi connectivity index (χ3n) is 3.59. The Morgan fingerprint density at radius 3 is 2.95 bits per heavy atom. The number of methoxy groups -OCH3 is 1. The maximum atomic E-state index is 12.5. The molecule has 0 aromatic heterocycles. The molecule has 0 radical (unpaired) electrons. The van der Waals surface area contributed by atoms with Crippen molar-refractivity contribution in [3.63, 3.8) is 0 Å². The number of benzene rings is 1. The molecule has 1 saturated heterocycles. The van der Waals surface area contributed by atoms with E-state index in [1.165, 1.54) is 0 Å². The standard InChI is InChI=1S/C15H21NO3/c1-4-16-7-8-19-14(10-16)15(17)13-6-5-12(18-3)9-11(13)2/h5-6,9,14H,4,7-8,10H2,1-3H3. The maximum absolute atomic E-state index is 12.5. The third-order valence-corrected chi connectivity index (χ3v) is 3.59. The Balaban J connectivity index is 2.15. The highest BCUT2D eigenvalue weighted by atomic mass is 16.5. The molecule has 1 unspecified atom stereocenters. The lowest BCUT2D eigenvalue weighted by Crippen LogP contribution is -2.46. The monoisotopic (exact) mass is 263 g/mol. The zero-order chi connectivity index (χ0) is 13.8. The largest absolute Gasteiger partial charge is 0.497 e. The molecular formula is C15H21NO3. The fourth-order valence-electron chi connectivity index (χ4n) is 2.36. The van der Waals surface area contributed by atoms with Crippen molar-refractivity contribution in [2.45, 2.75) is 20.0 Å². The topological polar surface area (TPSA) is 38.8 Å². The van der Waals surface area contributed by atoms with Crippen molar-refractivity contribution in [1.29, 1.82) is 0 Å². The molecule has 0 saturated carbocycles. The number of aryl methyl sites for hydroxylation is 1. The van der Waals surface area contributed by atoms with Gasteiger partial charge in [-0.15, -0.1) is 0 Å². The van der Waals surface area contributed by atoms with Gasteiger partial charge < -0.3 is 9.47 Å². The number of hydrogen-bond donors (Lipinski definition) is 0. The minimum atomic E-state index is -0.346. The molecule has 4 heteroatoms. The Morgan fingerprint density at radius 1 is 1.53 bits per heavy atom. The fourth-order valence-corrected chi connectivity index (χ4v) is 2.36. The van der Waals surface area contributed by atoms with Crippen LogP contribution in [-0.4, -0.2) is 50.1 Å². The van der Waals surface area contributed by atoms with Crippen LogP contribution in [0.15, 0.2) is 18.2 Å². The van der Waals surface area contributed by atoms with Gasteiger partial charge in [0.1, 0.15) is 11.9 Å². The summed E-state index contributed by atoms with van der Waals surface area (Å²) in [7, 11) is 1.62. The Kier molecular flexibility index (Phi) is 4.56. The van der Waals surface area contributed by atoms with Gasteiger partial charge in [-0.05, 0) is 37.2 Å². The average molecular weight is 263 g/mol. The van der Waals surface area contributed by atoms with Crippen LogP contribution in [0.3, 0.4) is 0 Å². The number of likely N-dealkylation sites (N-methyl/N-ethyl adjacent to an activating group) is 1. The molecule has 0 amide bonds. The predicted octanol–water partition coefficient (Wildman–Crippen LogP) is 1.91. The summed E-state index contributed by atoms with van der Waals surface area (Å²) in [5.74, 6) is 0.840. The van der Waals surface area contributed by atoms with Gasteiger partial charge >= 0.3 is 0 Å². The summed E-state index contributed by atoms with van der Waals surface area (Å²) in [6.07, 6.45) is -0.346. The van der Waals surface area contributed by atoms with Gasteiger partial charge in [-0.2, -0.15) is 0 Å². The van der Waals surface area contributed by atoms with Crippen LogP contribution >= 0.6 is 0 Å². The number of ether oxygens (including phenoxy) is 2. The Hall–Kier alpha value is -1.39. The van der Waals surface area contributed by atoms with E-state index >= 15 is 0 Å². The van der Waals surface area contributed by atoms with Gasteiger partial charge in [-0.1, -0.05) is 6.92 Å². The second kappa shape index (κ2) is 6.17. The molecule has 2 rings (SSSR count). The lowest BCUT2D eigenvalue weighted by molar-refractivity contribution is -0.0149. The van der Waals surface area contributed by atoms with Crippen LogP contribution in [0.25, 0.3) is 0 Å². The Morgan fingerprint density at radius 2 is 2.32 bits per heavy atom. The van der Waals surface area contributed by atoms with E-state index in [4.69, 9.17) is 9.47 Å². The van der Waals surface area contributed by atoms with Crippen molar-refractivity contribution in [2.24, 2.45) is 0 Å². The second-order valence-corrected chi connectivity index (χ2v) is 4.80. The molecule has 0 bridgehead atoms. The molecule has 1 aromatic carbocycles. The first-order chi connectivity index (χ1) is 9.15. The average Bonchev–Trinajstić information content (AvgIpc) is 2.46. The minimum Gasteiger partial charge on any atom is -0.497 e. The van der Waals surface area contributed by atoms with Crippen molar-refractivity contribution in [2.75, 3.05) is 33.4 Å². The first kappa shape index (κ1) is 14.0. The highest BCUT2D eigenvalue weighted by molar-refractivity contribution is 6.01. The summed E-state index contributed by atoms with van der Waals surface area (Å²) in [5, 5.41) is 0. The number of hydrogen-bond acceptors (Lipinski definition) is 4. The first-order valence-corrected chi connectivity index (χ1v) is 6.68. The smallest absolute Gasteiger partial charge is 0.193 e. The predicted molar refractivity (Wildman–Crippen MR) is 73.9 cm³/mol. The molecule has 1 aromatic rings. The maximum Gasteiger partial charge on any atom is 0.193 e. The van der Waals surface area contributed by atoms with Gasteiger partial charge in [0.15, 0.2) is 5.78 Å². The number of carbonyl (C=O) groups is 1. The van der Waals surface area contributed by atoms with Crippen molar-refractivity contribution < 1.29 is 14.3 Å². The molecule has 19 heavy (non-hydrogen) atoms. The molecule has 0 aliphatic carbocycles. The van der Waals surface area contributed by atoms with E-state index in [0.717, 1.165) is 30.0 Å². The van der Waals surface area contributed by atoms with Crippen molar-refractivity contribution >= 4 is 5.78 Å². The number of morpholine rings is 1. The molecule has 4 nitrogen and oxygen atoms in total. The third kappa shape index (κ3) is 3.14. The molecular weight excluding hydrogens is 242 g/mol. The van der Waals surface area contributed by atoms with Crippen LogP contribution in [-0.2, 0) is 4.74 Å². The van der Waals surface area contributed by atoms with Crippen molar-refractivity contribution in [3.8, 4) is 5.75 Å². The zero-order valence-electron chi connectivity index (χ0n) is 11.8. The van der Waals surface area contributed by atoms with Crippen LogP contribution < -0.4 is 4.74 Å². The van der Waals surface area contributed by atoms with E-state index in [1.807, 2.05) is 25.1 Å². The molecule has 104 valence electrons. The van der Waals surface area contributed by atoms with E-state index in [2.05, 4.69) is 11.8 Å². The number of nitrogens with zero attached hydrogens (tertiary/aromatic N) is 1. The number of carbonyl (C=O) groups excluding carboxylic acids is 1. The number of rotatable bonds is 4. The molecule has 1 heterocycles. The molecule has 1 aliphatic heterocycles. The van der Waals surface area contributed by atoms with Crippen molar-refractivity contribution in [3.05, 3.63) is 29.3 Å². The lowest BCUT2D eigenvalue weighted by Gasteiger charge is -2.31. The summed E-state index contributed by atoms with van der Waals surface area (Å²) >= 11 is 0. The first-order valence-electron chi connectivity index (χ1n) is 6.68. The summed E-state index contributed by atoms with van der Waals surface area (Å²) in [6, 6.07) is 5.53. The molecule has 0 N–H and O–H groups in total. The minimum absolute atomic E-state index is 0.0679. The fraction of sp³-hybridized carbons (Fsp3) is 0.533. The van der Waals surface area contributed by atoms with E-state index < -0.39 is 0 Å². The molecule has 0 spiro atoms. The summed E-state index contributed by atoms with van der Waals surface area (Å²) in [5.41, 5.74) is 1.66. The van der Waals surface area contributed by atoms with Crippen LogP contribution in [0.1, 0.15) is 22.8 Å². The molecule has 1 fully saturated rings. The van der Waals surface area contributed by atoms with Crippen LogP contribution in [0.2, 0.25) is 0 Å². The van der Waals surface area contributed by atoms with E-state index in [9.17, 15) is 4.79 Å². The molecule has 1 aliphatic rings. The second-order valence-electron chi connectivity index (χ2n) is 4.80. The van der Waals surface area contributed by atoms with Crippen molar-refractivity contribution in [1.82, 2.24) is 4.90 Å².